The van der Waals surface area contributed by atoms with Gasteiger partial charge in [0.2, 0.25) is 0 Å². The van der Waals surface area contributed by atoms with E-state index in [4.69, 9.17) is 0 Å². The summed E-state index contributed by atoms with van der Waals surface area (Å²) >= 11 is 0. The zero-order chi connectivity index (χ0) is 13.4. The summed E-state index contributed by atoms with van der Waals surface area (Å²) in [5.74, 6) is 0.775. The fourth-order valence-electron chi connectivity index (χ4n) is 2.82. The van der Waals surface area contributed by atoms with Crippen LogP contribution in [0, 0.1) is 5.92 Å². The largest absolute Gasteiger partial charge is 0.382 e. The Labute approximate surface area is 112 Å². The minimum absolute atomic E-state index is 0.102. The molecule has 0 amide bonds. The van der Waals surface area contributed by atoms with Gasteiger partial charge in [0.15, 0.2) is 5.78 Å². The lowest BCUT2D eigenvalue weighted by atomic mass is 9.76. The summed E-state index contributed by atoms with van der Waals surface area (Å²) in [6.07, 6.45) is 11.1. The van der Waals surface area contributed by atoms with Gasteiger partial charge in [0.05, 0.1) is 0 Å². The lowest BCUT2D eigenvalue weighted by Crippen LogP contribution is -2.41. The monoisotopic (exact) mass is 254 g/mol. The molecule has 18 heavy (non-hydrogen) atoms. The van der Waals surface area contributed by atoms with Gasteiger partial charge in [0.1, 0.15) is 5.60 Å². The van der Waals surface area contributed by atoms with E-state index < -0.39 is 5.60 Å². The molecule has 1 N–H and O–H groups in total. The number of carbonyl (C=O) groups is 1. The third-order valence-electron chi connectivity index (χ3n) is 4.38. The molecule has 0 aliphatic heterocycles. The molecule has 2 heteroatoms. The number of aliphatic hydroxyl groups is 1. The normalized spacial score (nSPS) is 28.3. The van der Waals surface area contributed by atoms with Crippen LogP contribution in [0.5, 0.6) is 0 Å². The average molecular weight is 254 g/mol. The SMILES string of the molecule is CCCCCCCCC(=O)C1(O)CCC(C)CC1. The molecule has 0 heterocycles. The highest BCUT2D eigenvalue weighted by atomic mass is 16.3. The Balaban J connectivity index is 2.16. The summed E-state index contributed by atoms with van der Waals surface area (Å²) in [7, 11) is 0. The van der Waals surface area contributed by atoms with Crippen LogP contribution < -0.4 is 0 Å². The van der Waals surface area contributed by atoms with Crippen LogP contribution in [0.25, 0.3) is 0 Å². The van der Waals surface area contributed by atoms with Crippen LogP contribution in [0.1, 0.15) is 84.5 Å². The van der Waals surface area contributed by atoms with Gasteiger partial charge < -0.3 is 5.11 Å². The van der Waals surface area contributed by atoms with Crippen LogP contribution in [0.3, 0.4) is 0 Å². The molecule has 1 saturated carbocycles. The molecular formula is C16H30O2. The second-order valence-corrected chi connectivity index (χ2v) is 6.16. The summed E-state index contributed by atoms with van der Waals surface area (Å²) in [6.45, 7) is 4.42. The van der Waals surface area contributed by atoms with Gasteiger partial charge >= 0.3 is 0 Å². The molecule has 0 spiro atoms. The van der Waals surface area contributed by atoms with Crippen molar-refractivity contribution in [1.82, 2.24) is 0 Å². The van der Waals surface area contributed by atoms with Gasteiger partial charge in [-0.3, -0.25) is 4.79 Å². The van der Waals surface area contributed by atoms with Gasteiger partial charge in [-0.05, 0) is 38.0 Å². The van der Waals surface area contributed by atoms with Crippen molar-refractivity contribution in [1.29, 1.82) is 0 Å². The van der Waals surface area contributed by atoms with Gasteiger partial charge in [0.25, 0.3) is 0 Å². The van der Waals surface area contributed by atoms with Crippen LogP contribution in [-0.4, -0.2) is 16.5 Å². The number of rotatable bonds is 8. The zero-order valence-corrected chi connectivity index (χ0v) is 12.2. The standard InChI is InChI=1S/C16H30O2/c1-3-4-5-6-7-8-9-15(17)16(18)12-10-14(2)11-13-16/h14,18H,3-13H2,1-2H3. The van der Waals surface area contributed by atoms with Gasteiger partial charge in [-0.1, -0.05) is 46.0 Å². The van der Waals surface area contributed by atoms with Gasteiger partial charge in [0, 0.05) is 6.42 Å². The van der Waals surface area contributed by atoms with Crippen LogP contribution in [0.2, 0.25) is 0 Å². The van der Waals surface area contributed by atoms with Crippen molar-refractivity contribution in [3.8, 4) is 0 Å². The molecule has 0 atom stereocenters. The number of hydrogen-bond acceptors (Lipinski definition) is 2. The second-order valence-electron chi connectivity index (χ2n) is 6.16. The maximum atomic E-state index is 12.1. The van der Waals surface area contributed by atoms with Crippen molar-refractivity contribution in [2.24, 2.45) is 5.92 Å². The van der Waals surface area contributed by atoms with E-state index in [9.17, 15) is 9.90 Å². The molecule has 0 aromatic carbocycles. The Morgan fingerprint density at radius 1 is 1.11 bits per heavy atom. The predicted octanol–water partition coefficient (Wildman–Crippen LogP) is 4.25. The van der Waals surface area contributed by atoms with E-state index in [2.05, 4.69) is 13.8 Å². The van der Waals surface area contributed by atoms with E-state index in [0.29, 0.717) is 25.2 Å². The van der Waals surface area contributed by atoms with Crippen molar-refractivity contribution in [2.75, 3.05) is 0 Å². The van der Waals surface area contributed by atoms with Crippen molar-refractivity contribution >= 4 is 5.78 Å². The highest BCUT2D eigenvalue weighted by Crippen LogP contribution is 2.33. The van der Waals surface area contributed by atoms with Crippen LogP contribution >= 0.6 is 0 Å². The van der Waals surface area contributed by atoms with Crippen molar-refractivity contribution in [3.05, 3.63) is 0 Å². The predicted molar refractivity (Wildman–Crippen MR) is 75.6 cm³/mol. The third-order valence-corrected chi connectivity index (χ3v) is 4.38. The molecule has 1 aliphatic rings. The van der Waals surface area contributed by atoms with Crippen molar-refractivity contribution in [2.45, 2.75) is 90.1 Å². The maximum absolute atomic E-state index is 12.1. The highest BCUT2D eigenvalue weighted by Gasteiger charge is 2.37. The minimum Gasteiger partial charge on any atom is -0.382 e. The molecule has 1 aliphatic carbocycles. The molecule has 0 aromatic rings. The Bertz CT molecular complexity index is 239. The Hall–Kier alpha value is -0.370. The molecule has 2 nitrogen and oxygen atoms in total. The molecule has 0 unspecified atom stereocenters. The Kier molecular flexibility index (Phi) is 6.91. The van der Waals surface area contributed by atoms with Crippen LogP contribution in [0.4, 0.5) is 0 Å². The number of hydrogen-bond donors (Lipinski definition) is 1. The molecule has 0 radical (unpaired) electrons. The first-order chi connectivity index (χ1) is 8.58. The summed E-state index contributed by atoms with van der Waals surface area (Å²) in [5.41, 5.74) is -0.976. The first-order valence-corrected chi connectivity index (χ1v) is 7.84. The molecule has 0 saturated heterocycles. The van der Waals surface area contributed by atoms with E-state index in [1.54, 1.807) is 0 Å². The van der Waals surface area contributed by atoms with E-state index in [1.165, 1.54) is 25.7 Å². The van der Waals surface area contributed by atoms with Gasteiger partial charge in [-0.25, -0.2) is 0 Å². The maximum Gasteiger partial charge on any atom is 0.164 e. The summed E-state index contributed by atoms with van der Waals surface area (Å²) in [5, 5.41) is 10.3. The van der Waals surface area contributed by atoms with Gasteiger partial charge in [-0.15, -0.1) is 0 Å². The molecule has 0 bridgehead atoms. The fourth-order valence-corrected chi connectivity index (χ4v) is 2.82. The second kappa shape index (κ2) is 7.93. The highest BCUT2D eigenvalue weighted by molar-refractivity contribution is 5.87. The number of carbonyl (C=O) groups excluding carboxylic acids is 1. The van der Waals surface area contributed by atoms with Crippen LogP contribution in [-0.2, 0) is 4.79 Å². The van der Waals surface area contributed by atoms with E-state index in [0.717, 1.165) is 25.7 Å². The molecule has 106 valence electrons. The van der Waals surface area contributed by atoms with E-state index >= 15 is 0 Å². The Morgan fingerprint density at radius 3 is 2.28 bits per heavy atom. The summed E-state index contributed by atoms with van der Waals surface area (Å²) in [4.78, 5) is 12.1. The van der Waals surface area contributed by atoms with E-state index in [-0.39, 0.29) is 5.78 Å². The zero-order valence-electron chi connectivity index (χ0n) is 12.2. The summed E-state index contributed by atoms with van der Waals surface area (Å²) < 4.78 is 0. The Morgan fingerprint density at radius 2 is 1.67 bits per heavy atom. The third kappa shape index (κ3) is 5.09. The minimum atomic E-state index is -0.976. The van der Waals surface area contributed by atoms with Crippen molar-refractivity contribution in [3.63, 3.8) is 0 Å². The molecule has 1 rings (SSSR count). The topological polar surface area (TPSA) is 37.3 Å². The number of unbranched alkanes of at least 4 members (excludes halogenated alkanes) is 5. The lowest BCUT2D eigenvalue weighted by molar-refractivity contribution is -0.141. The van der Waals surface area contributed by atoms with Crippen LogP contribution in [0.15, 0.2) is 0 Å². The summed E-state index contributed by atoms with van der Waals surface area (Å²) in [6, 6.07) is 0. The first kappa shape index (κ1) is 15.7. The van der Waals surface area contributed by atoms with Gasteiger partial charge in [-0.2, -0.15) is 0 Å². The first-order valence-electron chi connectivity index (χ1n) is 7.84. The van der Waals surface area contributed by atoms with Crippen molar-refractivity contribution < 1.29 is 9.90 Å². The van der Waals surface area contributed by atoms with E-state index in [1.807, 2.05) is 0 Å². The molecule has 1 fully saturated rings. The molecule has 0 aromatic heterocycles. The average Bonchev–Trinajstić information content (AvgIpc) is 2.37. The lowest BCUT2D eigenvalue weighted by Gasteiger charge is -2.33. The number of Topliss-reactive ketones (excluding diaryl/α,β-unsaturated/α-hetero) is 1. The smallest absolute Gasteiger partial charge is 0.164 e. The quantitative estimate of drug-likeness (QED) is 0.658. The molecular weight excluding hydrogens is 224 g/mol. The fraction of sp³-hybridized carbons (Fsp3) is 0.938. The number of ketones is 1.